The first kappa shape index (κ1) is 17.7. The lowest BCUT2D eigenvalue weighted by molar-refractivity contribution is 0.0950. The number of ether oxygens (including phenoxy) is 2. The molecule has 1 aliphatic heterocycles. The van der Waals surface area contributed by atoms with E-state index in [2.05, 4.69) is 10.6 Å². The molecule has 28 heavy (non-hydrogen) atoms. The molecule has 1 aliphatic rings. The van der Waals surface area contributed by atoms with Gasteiger partial charge in [0.25, 0.3) is 11.8 Å². The minimum atomic E-state index is -0.346. The second-order valence-corrected chi connectivity index (χ2v) is 6.17. The van der Waals surface area contributed by atoms with Gasteiger partial charge in [0, 0.05) is 17.8 Å². The van der Waals surface area contributed by atoms with Crippen molar-refractivity contribution < 1.29 is 23.5 Å². The molecule has 1 aromatic heterocycles. The number of nitrogens with one attached hydrogen (secondary N) is 2. The fourth-order valence-electron chi connectivity index (χ4n) is 2.79. The van der Waals surface area contributed by atoms with E-state index in [1.165, 1.54) is 6.26 Å². The molecule has 0 radical (unpaired) electrons. The summed E-state index contributed by atoms with van der Waals surface area (Å²) in [5, 5.41) is 5.57. The highest BCUT2D eigenvalue weighted by atomic mass is 16.6. The van der Waals surface area contributed by atoms with E-state index >= 15 is 0 Å². The molecule has 2 amide bonds. The van der Waals surface area contributed by atoms with Crippen molar-refractivity contribution in [1.82, 2.24) is 5.32 Å². The van der Waals surface area contributed by atoms with Gasteiger partial charge in [0.05, 0.1) is 6.26 Å². The molecule has 3 aromatic rings. The van der Waals surface area contributed by atoms with Crippen LogP contribution in [0.2, 0.25) is 0 Å². The molecule has 0 fully saturated rings. The number of amides is 2. The van der Waals surface area contributed by atoms with Crippen LogP contribution in [-0.4, -0.2) is 25.0 Å². The Balaban J connectivity index is 1.34. The summed E-state index contributed by atoms with van der Waals surface area (Å²) in [6.45, 7) is 1.43. The molecule has 2 aromatic carbocycles. The van der Waals surface area contributed by atoms with Crippen molar-refractivity contribution in [3.05, 3.63) is 77.7 Å². The highest BCUT2D eigenvalue weighted by molar-refractivity contribution is 6.02. The summed E-state index contributed by atoms with van der Waals surface area (Å²) >= 11 is 0. The maximum atomic E-state index is 12.4. The van der Waals surface area contributed by atoms with Crippen LogP contribution in [0.15, 0.2) is 65.3 Å². The minimum Gasteiger partial charge on any atom is -0.486 e. The molecule has 0 saturated carbocycles. The van der Waals surface area contributed by atoms with Gasteiger partial charge in [-0.05, 0) is 54.1 Å². The van der Waals surface area contributed by atoms with Gasteiger partial charge in [-0.3, -0.25) is 9.59 Å². The number of anilines is 1. The Morgan fingerprint density at radius 2 is 1.68 bits per heavy atom. The van der Waals surface area contributed by atoms with Gasteiger partial charge in [-0.1, -0.05) is 6.07 Å². The molecular formula is C21H18N2O5. The van der Waals surface area contributed by atoms with E-state index in [1.807, 2.05) is 18.2 Å². The molecule has 0 saturated heterocycles. The van der Waals surface area contributed by atoms with Crippen molar-refractivity contribution in [3.63, 3.8) is 0 Å². The second kappa shape index (κ2) is 7.87. The van der Waals surface area contributed by atoms with E-state index in [-0.39, 0.29) is 17.6 Å². The lowest BCUT2D eigenvalue weighted by Gasteiger charge is -2.19. The van der Waals surface area contributed by atoms with Crippen molar-refractivity contribution in [2.45, 2.75) is 6.54 Å². The van der Waals surface area contributed by atoms with Crippen molar-refractivity contribution in [2.75, 3.05) is 18.5 Å². The fraction of sp³-hybridized carbons (Fsp3) is 0.143. The first-order valence-electron chi connectivity index (χ1n) is 8.81. The van der Waals surface area contributed by atoms with E-state index in [9.17, 15) is 9.59 Å². The largest absolute Gasteiger partial charge is 0.486 e. The first-order chi connectivity index (χ1) is 13.7. The number of rotatable bonds is 5. The van der Waals surface area contributed by atoms with Gasteiger partial charge in [0.15, 0.2) is 17.3 Å². The molecule has 7 heteroatoms. The maximum absolute atomic E-state index is 12.4. The van der Waals surface area contributed by atoms with E-state index in [4.69, 9.17) is 13.9 Å². The van der Waals surface area contributed by atoms with Gasteiger partial charge in [-0.25, -0.2) is 0 Å². The second-order valence-electron chi connectivity index (χ2n) is 6.17. The number of hydrogen-bond acceptors (Lipinski definition) is 5. The van der Waals surface area contributed by atoms with Crippen LogP contribution >= 0.6 is 0 Å². The first-order valence-corrected chi connectivity index (χ1v) is 8.81. The van der Waals surface area contributed by atoms with Crippen molar-refractivity contribution in [3.8, 4) is 11.5 Å². The number of hydrogen-bond donors (Lipinski definition) is 2. The summed E-state index contributed by atoms with van der Waals surface area (Å²) in [5.41, 5.74) is 1.98. The standard InChI is InChI=1S/C21H18N2O5/c24-20(22-13-14-3-8-17-19(12-14)28-11-10-27-17)15-4-6-16(7-5-15)23-21(25)18-2-1-9-26-18/h1-9,12H,10-11,13H2,(H,22,24)(H,23,25). The normalized spacial score (nSPS) is 12.3. The Morgan fingerprint density at radius 3 is 2.43 bits per heavy atom. The number of benzene rings is 2. The highest BCUT2D eigenvalue weighted by Crippen LogP contribution is 2.30. The lowest BCUT2D eigenvalue weighted by Crippen LogP contribution is -2.23. The Labute approximate surface area is 161 Å². The number of carbonyl (C=O) groups is 2. The van der Waals surface area contributed by atoms with E-state index in [0.717, 1.165) is 5.56 Å². The molecule has 0 atom stereocenters. The molecule has 0 bridgehead atoms. The van der Waals surface area contributed by atoms with E-state index < -0.39 is 0 Å². The van der Waals surface area contributed by atoms with Crippen molar-refractivity contribution in [2.24, 2.45) is 0 Å². The van der Waals surface area contributed by atoms with Gasteiger partial charge < -0.3 is 24.5 Å². The monoisotopic (exact) mass is 378 g/mol. The average Bonchev–Trinajstić information content (AvgIpc) is 3.27. The third-order valence-electron chi connectivity index (χ3n) is 4.21. The predicted octanol–water partition coefficient (Wildman–Crippen LogP) is 3.23. The van der Waals surface area contributed by atoms with Gasteiger partial charge in [0.2, 0.25) is 0 Å². The molecule has 7 nitrogen and oxygen atoms in total. The zero-order valence-corrected chi connectivity index (χ0v) is 14.9. The van der Waals surface area contributed by atoms with Crippen LogP contribution in [0.5, 0.6) is 11.5 Å². The van der Waals surface area contributed by atoms with Crippen LogP contribution in [-0.2, 0) is 6.54 Å². The topological polar surface area (TPSA) is 89.8 Å². The van der Waals surface area contributed by atoms with Crippen molar-refractivity contribution in [1.29, 1.82) is 0 Å². The Kier molecular flexibility index (Phi) is 4.97. The molecule has 0 spiro atoms. The number of carbonyl (C=O) groups excluding carboxylic acids is 2. The Bertz CT molecular complexity index is 981. The summed E-state index contributed by atoms with van der Waals surface area (Å²) in [5.74, 6) is 1.07. The smallest absolute Gasteiger partial charge is 0.291 e. The summed E-state index contributed by atoms with van der Waals surface area (Å²) in [6, 6.07) is 15.4. The third-order valence-corrected chi connectivity index (χ3v) is 4.21. The zero-order valence-electron chi connectivity index (χ0n) is 14.9. The van der Waals surface area contributed by atoms with Crippen LogP contribution in [0.4, 0.5) is 5.69 Å². The maximum Gasteiger partial charge on any atom is 0.291 e. The van der Waals surface area contributed by atoms with Gasteiger partial charge in [0.1, 0.15) is 13.2 Å². The van der Waals surface area contributed by atoms with Crippen LogP contribution in [0.1, 0.15) is 26.5 Å². The van der Waals surface area contributed by atoms with Crippen LogP contribution < -0.4 is 20.1 Å². The highest BCUT2D eigenvalue weighted by Gasteiger charge is 2.13. The summed E-state index contributed by atoms with van der Waals surface area (Å²) in [6.07, 6.45) is 1.43. The SMILES string of the molecule is O=C(NCc1ccc2c(c1)OCCO2)c1ccc(NC(=O)c2ccco2)cc1. The lowest BCUT2D eigenvalue weighted by atomic mass is 10.1. The molecule has 0 aliphatic carbocycles. The van der Waals surface area contributed by atoms with Crippen molar-refractivity contribution >= 4 is 17.5 Å². The summed E-state index contributed by atoms with van der Waals surface area (Å²) in [7, 11) is 0. The Morgan fingerprint density at radius 1 is 0.893 bits per heavy atom. The van der Waals surface area contributed by atoms with Crippen LogP contribution in [0.3, 0.4) is 0 Å². The molecule has 142 valence electrons. The predicted molar refractivity (Wildman–Crippen MR) is 102 cm³/mol. The number of furan rings is 1. The molecular weight excluding hydrogens is 360 g/mol. The quantitative estimate of drug-likeness (QED) is 0.711. The molecule has 2 N–H and O–H groups in total. The fourth-order valence-corrected chi connectivity index (χ4v) is 2.79. The molecule has 0 unspecified atom stereocenters. The third kappa shape index (κ3) is 3.98. The zero-order chi connectivity index (χ0) is 19.3. The minimum absolute atomic E-state index is 0.209. The van der Waals surface area contributed by atoms with Crippen LogP contribution in [0.25, 0.3) is 0 Å². The van der Waals surface area contributed by atoms with E-state index in [0.29, 0.717) is 42.5 Å². The Hall–Kier alpha value is -3.74. The summed E-state index contributed by atoms with van der Waals surface area (Å²) < 4.78 is 16.1. The van der Waals surface area contributed by atoms with Gasteiger partial charge >= 0.3 is 0 Å². The number of fused-ring (bicyclic) bond motifs is 1. The van der Waals surface area contributed by atoms with Crippen LogP contribution in [0, 0.1) is 0 Å². The molecule has 4 rings (SSSR count). The molecule has 2 heterocycles. The summed E-state index contributed by atoms with van der Waals surface area (Å²) in [4.78, 5) is 24.3. The van der Waals surface area contributed by atoms with Gasteiger partial charge in [-0.15, -0.1) is 0 Å². The van der Waals surface area contributed by atoms with E-state index in [1.54, 1.807) is 36.4 Å². The van der Waals surface area contributed by atoms with Gasteiger partial charge in [-0.2, -0.15) is 0 Å². The average molecular weight is 378 g/mol.